The number of sulfonamides is 1. The van der Waals surface area contributed by atoms with Crippen LogP contribution >= 0.6 is 0 Å². The average molecular weight is 713 g/mol. The van der Waals surface area contributed by atoms with Gasteiger partial charge in [0.15, 0.2) is 0 Å². The third-order valence-corrected chi connectivity index (χ3v) is 10.6. The van der Waals surface area contributed by atoms with Crippen molar-refractivity contribution in [3.8, 4) is 17.1 Å². The van der Waals surface area contributed by atoms with Crippen molar-refractivity contribution in [2.75, 3.05) is 29.8 Å². The lowest BCUT2D eigenvalue weighted by Crippen LogP contribution is -2.30. The Morgan fingerprint density at radius 1 is 0.961 bits per heavy atom. The van der Waals surface area contributed by atoms with Crippen LogP contribution in [0.25, 0.3) is 11.3 Å². The lowest BCUT2D eigenvalue weighted by molar-refractivity contribution is 0.165. The summed E-state index contributed by atoms with van der Waals surface area (Å²) in [4.78, 5) is 21.5. The molecule has 0 radical (unpaired) electrons. The van der Waals surface area contributed by atoms with Crippen molar-refractivity contribution in [1.29, 1.82) is 0 Å². The zero-order chi connectivity index (χ0) is 37.3. The van der Waals surface area contributed by atoms with Gasteiger partial charge in [-0.05, 0) is 78.2 Å². The fourth-order valence-corrected chi connectivity index (χ4v) is 8.19. The maximum Gasteiger partial charge on any atom is 0.264 e. The highest BCUT2D eigenvalue weighted by Crippen LogP contribution is 2.40. The first-order chi connectivity index (χ1) is 23.8. The minimum Gasteiger partial charge on any atom is -0.477 e. The first kappa shape index (κ1) is 38.2. The highest BCUT2D eigenvalue weighted by atomic mass is 32.2. The molecule has 0 spiro atoms. The molecule has 2 aromatic carbocycles. The summed E-state index contributed by atoms with van der Waals surface area (Å²) in [6.07, 6.45) is 5.96. The topological polar surface area (TPSA) is 110 Å². The molecule has 1 aliphatic rings. The van der Waals surface area contributed by atoms with Gasteiger partial charge in [-0.1, -0.05) is 85.7 Å². The molecule has 9 nitrogen and oxygen atoms in total. The Bertz CT molecular complexity index is 1950. The molecule has 4 bridgehead atoms. The molecule has 10 heteroatoms. The van der Waals surface area contributed by atoms with Crippen LogP contribution in [0.4, 0.5) is 11.6 Å². The number of nitrogens with one attached hydrogen (secondary N) is 1. The fraction of sp³-hybridized carbons (Fsp3) is 0.512. The van der Waals surface area contributed by atoms with Crippen LogP contribution in [0.15, 0.2) is 59.8 Å². The average Bonchev–Trinajstić information content (AvgIpc) is 3.01. The number of aromatic nitrogens is 4. The third-order valence-electron chi connectivity index (χ3n) is 9.27. The summed E-state index contributed by atoms with van der Waals surface area (Å²) in [5.41, 5.74) is 6.59. The number of benzene rings is 2. The molecule has 1 unspecified atom stereocenters. The van der Waals surface area contributed by atoms with E-state index in [9.17, 15) is 8.42 Å². The zero-order valence-electron chi connectivity index (χ0n) is 32.3. The van der Waals surface area contributed by atoms with E-state index in [1.54, 1.807) is 12.1 Å². The van der Waals surface area contributed by atoms with Gasteiger partial charge in [0.2, 0.25) is 11.8 Å². The molecule has 1 N–H and O–H groups in total. The molecule has 2 aromatic heterocycles. The van der Waals surface area contributed by atoms with Crippen LogP contribution < -0.4 is 14.4 Å². The molecule has 0 amide bonds. The largest absolute Gasteiger partial charge is 0.477 e. The van der Waals surface area contributed by atoms with E-state index in [4.69, 9.17) is 19.7 Å². The first-order valence-electron chi connectivity index (χ1n) is 18.0. The first-order valence-corrected chi connectivity index (χ1v) is 19.5. The van der Waals surface area contributed by atoms with Crippen molar-refractivity contribution in [1.82, 2.24) is 19.9 Å². The summed E-state index contributed by atoms with van der Waals surface area (Å²) >= 11 is 0. The molecule has 2 atom stereocenters. The predicted octanol–water partition coefficient (Wildman–Crippen LogP) is 8.80. The van der Waals surface area contributed by atoms with Gasteiger partial charge in [-0.3, -0.25) is 0 Å². The normalized spacial score (nSPS) is 17.6. The molecule has 0 aliphatic carbocycles. The predicted molar refractivity (Wildman–Crippen MR) is 207 cm³/mol. The molecule has 3 heterocycles. The van der Waals surface area contributed by atoms with Crippen molar-refractivity contribution in [2.45, 2.75) is 99.3 Å². The molecular weight excluding hydrogens is 657 g/mol. The summed E-state index contributed by atoms with van der Waals surface area (Å²) in [5, 5.41) is 0. The van der Waals surface area contributed by atoms with Crippen molar-refractivity contribution >= 4 is 21.7 Å². The van der Waals surface area contributed by atoms with E-state index in [0.29, 0.717) is 36.3 Å². The lowest BCUT2D eigenvalue weighted by atomic mass is 9.75. The molecule has 1 aliphatic heterocycles. The maximum atomic E-state index is 14.0. The van der Waals surface area contributed by atoms with Crippen LogP contribution in [0.3, 0.4) is 0 Å². The van der Waals surface area contributed by atoms with Crippen LogP contribution in [-0.2, 0) is 22.9 Å². The number of hydrogen-bond donors (Lipinski definition) is 1. The Morgan fingerprint density at radius 3 is 2.29 bits per heavy atom. The Morgan fingerprint density at radius 2 is 1.65 bits per heavy atom. The van der Waals surface area contributed by atoms with Crippen LogP contribution in [0, 0.1) is 36.5 Å². The summed E-state index contributed by atoms with van der Waals surface area (Å²) in [5.74, 6) is 1.34. The molecule has 51 heavy (non-hydrogen) atoms. The van der Waals surface area contributed by atoms with E-state index in [1.165, 1.54) is 0 Å². The standard InChI is InChI=1S/C41H56N6O3S/c1-26(2)18-30-16-12-14-27(3)36(30)37-28(4)38-45-39(44-37)46-51(48,49)33-17-13-15-29(19-33)34(31(24-50-38)21-40(5,6)7)20-35-42-22-32(23-43-35)47(11)25-41(8,9)10/h12-17,19,22-23,26,31,34H,18,20-21,24-25H2,1-11H3,(H,44,45,46)/t31-,34?/m1/s1. The van der Waals surface area contributed by atoms with E-state index in [2.05, 4.69) is 102 Å². The van der Waals surface area contributed by atoms with Gasteiger partial charge in [-0.2, -0.15) is 4.98 Å². The SMILES string of the molecule is Cc1cccc(CC(C)C)c1-c1nc2nc(c1C)OC[C@@H](CC(C)(C)C)C(Cc1ncc(N(C)CC(C)(C)C)cn1)c1cccc(c1)S(=O)(=O)N2. The van der Waals surface area contributed by atoms with E-state index in [-0.39, 0.29) is 33.5 Å². The van der Waals surface area contributed by atoms with Gasteiger partial charge in [0.25, 0.3) is 10.0 Å². The Balaban J connectivity index is 1.62. The Kier molecular flexibility index (Phi) is 11.2. The Labute approximate surface area is 305 Å². The minimum atomic E-state index is -4.04. The smallest absolute Gasteiger partial charge is 0.264 e. The molecular formula is C41H56N6O3S. The van der Waals surface area contributed by atoms with E-state index in [1.807, 2.05) is 31.5 Å². The highest BCUT2D eigenvalue weighted by Gasteiger charge is 2.32. The quantitative estimate of drug-likeness (QED) is 0.193. The van der Waals surface area contributed by atoms with Crippen LogP contribution in [0.2, 0.25) is 0 Å². The van der Waals surface area contributed by atoms with Gasteiger partial charge in [-0.25, -0.2) is 28.1 Å². The van der Waals surface area contributed by atoms with Crippen molar-refractivity contribution < 1.29 is 13.2 Å². The number of nitrogens with zero attached hydrogens (tertiary/aromatic N) is 5. The van der Waals surface area contributed by atoms with Gasteiger partial charge in [-0.15, -0.1) is 0 Å². The molecule has 4 aromatic rings. The highest BCUT2D eigenvalue weighted by molar-refractivity contribution is 7.92. The number of fused-ring (bicyclic) bond motifs is 4. The van der Waals surface area contributed by atoms with Crippen LogP contribution in [0.5, 0.6) is 5.88 Å². The van der Waals surface area contributed by atoms with Crippen molar-refractivity contribution in [3.05, 3.63) is 82.9 Å². The van der Waals surface area contributed by atoms with Crippen molar-refractivity contribution in [3.63, 3.8) is 0 Å². The monoisotopic (exact) mass is 712 g/mol. The van der Waals surface area contributed by atoms with Gasteiger partial charge >= 0.3 is 0 Å². The third kappa shape index (κ3) is 9.64. The minimum absolute atomic E-state index is 0.0100. The molecule has 0 saturated carbocycles. The zero-order valence-corrected chi connectivity index (χ0v) is 33.1. The van der Waals surface area contributed by atoms with Crippen molar-refractivity contribution in [2.24, 2.45) is 22.7 Å². The number of anilines is 2. The lowest BCUT2D eigenvalue weighted by Gasteiger charge is -2.33. The van der Waals surface area contributed by atoms with Crippen LogP contribution in [0.1, 0.15) is 95.8 Å². The number of rotatable bonds is 8. The maximum absolute atomic E-state index is 14.0. The summed E-state index contributed by atoms with van der Waals surface area (Å²) in [6, 6.07) is 13.5. The fourth-order valence-electron chi connectivity index (χ4n) is 7.19. The Hall–Kier alpha value is -4.05. The van der Waals surface area contributed by atoms with E-state index < -0.39 is 10.0 Å². The van der Waals surface area contributed by atoms with E-state index in [0.717, 1.165) is 52.9 Å². The van der Waals surface area contributed by atoms with Gasteiger partial charge in [0.1, 0.15) is 5.82 Å². The second-order valence-corrected chi connectivity index (χ2v) is 18.8. The van der Waals surface area contributed by atoms with Crippen LogP contribution in [-0.4, -0.2) is 48.6 Å². The second kappa shape index (κ2) is 14.9. The second-order valence-electron chi connectivity index (χ2n) is 17.1. The molecule has 0 fully saturated rings. The summed E-state index contributed by atoms with van der Waals surface area (Å²) in [6.45, 7) is 22.9. The van der Waals surface area contributed by atoms with E-state index >= 15 is 0 Å². The molecule has 274 valence electrons. The number of aryl methyl sites for hydroxylation is 1. The number of hydrogen-bond acceptors (Lipinski definition) is 8. The van der Waals surface area contributed by atoms with Gasteiger partial charge in [0.05, 0.1) is 35.3 Å². The summed E-state index contributed by atoms with van der Waals surface area (Å²) in [7, 11) is -1.99. The number of ether oxygens (including phenoxy) is 1. The van der Waals surface area contributed by atoms with Gasteiger partial charge in [0, 0.05) is 37.1 Å². The van der Waals surface area contributed by atoms with Gasteiger partial charge < -0.3 is 9.64 Å². The summed E-state index contributed by atoms with van der Waals surface area (Å²) < 4.78 is 37.4. The molecule has 5 rings (SSSR count). The molecule has 0 saturated heterocycles.